The molecule has 0 aliphatic carbocycles. The zero-order chi connectivity index (χ0) is 15.8. The van der Waals surface area contributed by atoms with Crippen molar-refractivity contribution in [1.82, 2.24) is 10.2 Å². The summed E-state index contributed by atoms with van der Waals surface area (Å²) in [5.41, 5.74) is 1.28. The Morgan fingerprint density at radius 2 is 2.00 bits per heavy atom. The first-order valence-corrected chi connectivity index (χ1v) is 7.16. The van der Waals surface area contributed by atoms with Gasteiger partial charge < -0.3 is 20.2 Å². The summed E-state index contributed by atoms with van der Waals surface area (Å²) in [5, 5.41) is 11.4. The fraction of sp³-hybridized carbons (Fsp3) is 0.533. The number of hydrogen-bond donors (Lipinski definition) is 2. The fourth-order valence-electron chi connectivity index (χ4n) is 2.05. The average Bonchev–Trinajstić information content (AvgIpc) is 2.48. The number of carbonyl (C=O) groups is 1. The maximum atomic E-state index is 14.1. The van der Waals surface area contributed by atoms with Gasteiger partial charge in [0.2, 0.25) is 0 Å². The highest BCUT2D eigenvalue weighted by molar-refractivity contribution is 5.73. The van der Waals surface area contributed by atoms with Gasteiger partial charge in [-0.2, -0.15) is 0 Å². The Kier molecular flexibility index (Phi) is 6.94. The summed E-state index contributed by atoms with van der Waals surface area (Å²) in [6.07, 6.45) is 0. The summed E-state index contributed by atoms with van der Waals surface area (Å²) < 4.78 is 14.1. The Morgan fingerprint density at radius 3 is 2.52 bits per heavy atom. The van der Waals surface area contributed by atoms with E-state index in [0.717, 1.165) is 13.1 Å². The van der Waals surface area contributed by atoms with E-state index in [2.05, 4.69) is 5.32 Å². The molecule has 1 aromatic carbocycles. The van der Waals surface area contributed by atoms with Gasteiger partial charge in [-0.1, -0.05) is 6.07 Å². The number of carbonyl (C=O) groups excluding carboxylic acids is 1. The standard InChI is InChI=1S/C15H24FN3O2/c1-4-19(5-2)14-7-6-12(10-13(14)16)11-17-15(21)18(3)8-9-20/h6-7,10,20H,4-5,8-9,11H2,1-3H3,(H,17,21). The van der Waals surface area contributed by atoms with Crippen LogP contribution in [-0.4, -0.2) is 49.3 Å². The van der Waals surface area contributed by atoms with Crippen molar-refractivity contribution in [3.05, 3.63) is 29.6 Å². The minimum absolute atomic E-state index is 0.0862. The average molecular weight is 297 g/mol. The molecule has 21 heavy (non-hydrogen) atoms. The van der Waals surface area contributed by atoms with Crippen LogP contribution in [0.4, 0.5) is 14.9 Å². The Morgan fingerprint density at radius 1 is 1.33 bits per heavy atom. The largest absolute Gasteiger partial charge is 0.395 e. The molecule has 0 bridgehead atoms. The summed E-state index contributed by atoms with van der Waals surface area (Å²) in [6, 6.07) is 4.70. The van der Waals surface area contributed by atoms with E-state index in [4.69, 9.17) is 5.11 Å². The van der Waals surface area contributed by atoms with Crippen LogP contribution in [0.3, 0.4) is 0 Å². The number of hydrogen-bond acceptors (Lipinski definition) is 3. The number of amides is 2. The molecular weight excluding hydrogens is 273 g/mol. The van der Waals surface area contributed by atoms with Crippen LogP contribution in [0.25, 0.3) is 0 Å². The fourth-order valence-corrected chi connectivity index (χ4v) is 2.05. The van der Waals surface area contributed by atoms with Gasteiger partial charge in [0.25, 0.3) is 0 Å². The third-order valence-corrected chi connectivity index (χ3v) is 3.34. The molecule has 0 atom stereocenters. The van der Waals surface area contributed by atoms with E-state index in [1.54, 1.807) is 13.1 Å². The first-order valence-electron chi connectivity index (χ1n) is 7.16. The smallest absolute Gasteiger partial charge is 0.317 e. The molecule has 2 N–H and O–H groups in total. The molecule has 0 fully saturated rings. The van der Waals surface area contributed by atoms with Gasteiger partial charge in [0.1, 0.15) is 5.82 Å². The molecule has 0 unspecified atom stereocenters. The number of aliphatic hydroxyl groups excluding tert-OH is 1. The van der Waals surface area contributed by atoms with E-state index < -0.39 is 0 Å². The minimum Gasteiger partial charge on any atom is -0.395 e. The third kappa shape index (κ3) is 4.90. The molecule has 2 amide bonds. The van der Waals surface area contributed by atoms with Gasteiger partial charge >= 0.3 is 6.03 Å². The number of rotatable bonds is 7. The summed E-state index contributed by atoms with van der Waals surface area (Å²) in [6.45, 7) is 5.88. The van der Waals surface area contributed by atoms with Crippen LogP contribution in [0.2, 0.25) is 0 Å². The highest BCUT2D eigenvalue weighted by atomic mass is 19.1. The van der Waals surface area contributed by atoms with E-state index in [9.17, 15) is 9.18 Å². The molecule has 1 aromatic rings. The van der Waals surface area contributed by atoms with Crippen LogP contribution in [0.1, 0.15) is 19.4 Å². The van der Waals surface area contributed by atoms with Crippen molar-refractivity contribution < 1.29 is 14.3 Å². The second kappa shape index (κ2) is 8.46. The predicted molar refractivity (Wildman–Crippen MR) is 81.9 cm³/mol. The first kappa shape index (κ1) is 17.2. The number of aliphatic hydroxyl groups is 1. The topological polar surface area (TPSA) is 55.8 Å². The molecule has 0 spiro atoms. The van der Waals surface area contributed by atoms with Gasteiger partial charge in [-0.3, -0.25) is 0 Å². The van der Waals surface area contributed by atoms with Gasteiger partial charge in [-0.25, -0.2) is 9.18 Å². The quantitative estimate of drug-likeness (QED) is 0.807. The molecule has 0 aliphatic heterocycles. The molecule has 1 rings (SSSR count). The minimum atomic E-state index is -0.294. The third-order valence-electron chi connectivity index (χ3n) is 3.34. The molecule has 0 radical (unpaired) electrons. The molecule has 0 aliphatic rings. The van der Waals surface area contributed by atoms with Crippen molar-refractivity contribution in [2.45, 2.75) is 20.4 Å². The second-order valence-corrected chi connectivity index (χ2v) is 4.76. The number of halogens is 1. The van der Waals surface area contributed by atoms with Gasteiger partial charge in [-0.05, 0) is 31.5 Å². The highest BCUT2D eigenvalue weighted by Gasteiger charge is 2.11. The van der Waals surface area contributed by atoms with E-state index in [1.165, 1.54) is 11.0 Å². The lowest BCUT2D eigenvalue weighted by atomic mass is 10.2. The number of nitrogens with zero attached hydrogens (tertiary/aromatic N) is 2. The summed E-state index contributed by atoms with van der Waals surface area (Å²) in [4.78, 5) is 15.0. The highest BCUT2D eigenvalue weighted by Crippen LogP contribution is 2.20. The number of benzene rings is 1. The summed E-state index contributed by atoms with van der Waals surface area (Å²) in [5.74, 6) is -0.283. The van der Waals surface area contributed by atoms with Gasteiger partial charge in [-0.15, -0.1) is 0 Å². The lowest BCUT2D eigenvalue weighted by Crippen LogP contribution is -2.38. The van der Waals surface area contributed by atoms with Crippen molar-refractivity contribution >= 4 is 11.7 Å². The second-order valence-electron chi connectivity index (χ2n) is 4.76. The van der Waals surface area contributed by atoms with Crippen molar-refractivity contribution in [3.63, 3.8) is 0 Å². The Bertz CT molecular complexity index is 464. The van der Waals surface area contributed by atoms with Crippen molar-refractivity contribution in [1.29, 1.82) is 0 Å². The number of likely N-dealkylation sites (N-methyl/N-ethyl adjacent to an activating group) is 1. The zero-order valence-corrected chi connectivity index (χ0v) is 12.9. The Hall–Kier alpha value is -1.82. The number of nitrogens with one attached hydrogen (secondary N) is 1. The predicted octanol–water partition coefficient (Wildman–Crippen LogP) is 1.81. The van der Waals surface area contributed by atoms with Crippen LogP contribution >= 0.6 is 0 Å². The van der Waals surface area contributed by atoms with Gasteiger partial charge in [0, 0.05) is 33.2 Å². The van der Waals surface area contributed by atoms with Crippen molar-refractivity contribution in [3.8, 4) is 0 Å². The molecular formula is C15H24FN3O2. The van der Waals surface area contributed by atoms with Crippen LogP contribution in [0, 0.1) is 5.82 Å². The number of anilines is 1. The van der Waals surface area contributed by atoms with E-state index in [-0.39, 0.29) is 31.5 Å². The Balaban J connectivity index is 2.66. The van der Waals surface area contributed by atoms with Crippen LogP contribution < -0.4 is 10.2 Å². The monoisotopic (exact) mass is 297 g/mol. The first-order chi connectivity index (χ1) is 10.0. The van der Waals surface area contributed by atoms with Gasteiger partial charge in [0.15, 0.2) is 0 Å². The van der Waals surface area contributed by atoms with E-state index >= 15 is 0 Å². The summed E-state index contributed by atoms with van der Waals surface area (Å²) >= 11 is 0. The maximum absolute atomic E-state index is 14.1. The van der Waals surface area contributed by atoms with Gasteiger partial charge in [0.05, 0.1) is 12.3 Å². The molecule has 0 saturated carbocycles. The van der Waals surface area contributed by atoms with Crippen LogP contribution in [-0.2, 0) is 6.54 Å². The molecule has 5 nitrogen and oxygen atoms in total. The zero-order valence-electron chi connectivity index (χ0n) is 12.9. The SMILES string of the molecule is CCN(CC)c1ccc(CNC(=O)N(C)CCO)cc1F. The number of urea groups is 1. The normalized spacial score (nSPS) is 10.3. The molecule has 118 valence electrons. The maximum Gasteiger partial charge on any atom is 0.317 e. The lowest BCUT2D eigenvalue weighted by Gasteiger charge is -2.22. The van der Waals surface area contributed by atoms with Crippen LogP contribution in [0.15, 0.2) is 18.2 Å². The molecule has 0 saturated heterocycles. The van der Waals surface area contributed by atoms with E-state index in [0.29, 0.717) is 11.3 Å². The molecule has 0 heterocycles. The Labute approximate surface area is 125 Å². The lowest BCUT2D eigenvalue weighted by molar-refractivity contribution is 0.190. The van der Waals surface area contributed by atoms with Crippen molar-refractivity contribution in [2.24, 2.45) is 0 Å². The summed E-state index contributed by atoms with van der Waals surface area (Å²) in [7, 11) is 1.59. The van der Waals surface area contributed by atoms with E-state index in [1.807, 2.05) is 24.8 Å². The molecule has 0 aromatic heterocycles. The van der Waals surface area contributed by atoms with Crippen molar-refractivity contribution in [2.75, 3.05) is 38.2 Å². The van der Waals surface area contributed by atoms with Crippen LogP contribution in [0.5, 0.6) is 0 Å². The molecule has 6 heteroatoms.